The highest BCUT2D eigenvalue weighted by Crippen LogP contribution is 2.04. The predicted octanol–water partition coefficient (Wildman–Crippen LogP) is 1.76. The highest BCUT2D eigenvalue weighted by atomic mass is 14.8. The Kier molecular flexibility index (Phi) is 8.95. The second kappa shape index (κ2) is 9.01. The van der Waals surface area contributed by atoms with Gasteiger partial charge in [-0.05, 0) is 40.4 Å². The minimum Gasteiger partial charge on any atom is -0.320 e. The van der Waals surface area contributed by atoms with E-state index in [4.69, 9.17) is 0 Å². The van der Waals surface area contributed by atoms with E-state index in [9.17, 15) is 0 Å². The quantitative estimate of drug-likeness (QED) is 0.545. The number of rotatable bonds is 8. The zero-order valence-electron chi connectivity index (χ0n) is 8.82. The van der Waals surface area contributed by atoms with Gasteiger partial charge in [0.15, 0.2) is 0 Å². The van der Waals surface area contributed by atoms with Crippen molar-refractivity contribution in [3.05, 3.63) is 0 Å². The molecule has 0 saturated heterocycles. The fourth-order valence-electron chi connectivity index (χ4n) is 1.25. The molecule has 12 heavy (non-hydrogen) atoms. The molecule has 0 aromatic heterocycles. The Morgan fingerprint density at radius 3 is 2.25 bits per heavy atom. The van der Waals surface area contributed by atoms with Gasteiger partial charge in [-0.15, -0.1) is 0 Å². The molecule has 0 aliphatic heterocycles. The second-order valence-electron chi connectivity index (χ2n) is 3.50. The van der Waals surface area contributed by atoms with Crippen LogP contribution in [-0.2, 0) is 0 Å². The van der Waals surface area contributed by atoms with Crippen LogP contribution in [0.5, 0.6) is 0 Å². The van der Waals surface area contributed by atoms with Crippen molar-refractivity contribution in [2.75, 3.05) is 20.6 Å². The van der Waals surface area contributed by atoms with E-state index < -0.39 is 0 Å². The molecule has 0 saturated carbocycles. The van der Waals surface area contributed by atoms with Crippen molar-refractivity contribution in [3.8, 4) is 0 Å². The number of hydrogen-bond acceptors (Lipinski definition) is 2. The van der Waals surface area contributed by atoms with Crippen LogP contribution in [0.25, 0.3) is 0 Å². The third-order valence-electron chi connectivity index (χ3n) is 2.31. The summed E-state index contributed by atoms with van der Waals surface area (Å²) in [5, 5.41) is 6.42. The lowest BCUT2D eigenvalue weighted by Gasteiger charge is -2.08. The Morgan fingerprint density at radius 2 is 1.67 bits per heavy atom. The summed E-state index contributed by atoms with van der Waals surface area (Å²) < 4.78 is 0. The summed E-state index contributed by atoms with van der Waals surface area (Å²) in [6, 6.07) is 0.689. The molecular weight excluding hydrogens is 148 g/mol. The number of nitrogens with one attached hydrogen (secondary N) is 2. The first-order chi connectivity index (χ1) is 5.81. The summed E-state index contributed by atoms with van der Waals surface area (Å²) in [6.45, 7) is 3.41. The Hall–Kier alpha value is -0.0800. The summed E-state index contributed by atoms with van der Waals surface area (Å²) in [5.41, 5.74) is 0. The van der Waals surface area contributed by atoms with Crippen LogP contribution < -0.4 is 10.6 Å². The van der Waals surface area contributed by atoms with Gasteiger partial charge in [-0.1, -0.05) is 19.3 Å². The molecule has 0 heterocycles. The molecule has 0 bridgehead atoms. The molecule has 0 aliphatic carbocycles. The lowest BCUT2D eigenvalue weighted by atomic mass is 10.1. The van der Waals surface area contributed by atoms with Crippen molar-refractivity contribution in [1.82, 2.24) is 10.6 Å². The van der Waals surface area contributed by atoms with Gasteiger partial charge in [-0.3, -0.25) is 0 Å². The summed E-state index contributed by atoms with van der Waals surface area (Å²) in [7, 11) is 4.05. The summed E-state index contributed by atoms with van der Waals surface area (Å²) in [6.07, 6.45) is 6.76. The van der Waals surface area contributed by atoms with Crippen LogP contribution in [0.4, 0.5) is 0 Å². The molecule has 0 spiro atoms. The molecule has 74 valence electrons. The van der Waals surface area contributed by atoms with Gasteiger partial charge in [-0.25, -0.2) is 0 Å². The third kappa shape index (κ3) is 8.02. The molecule has 0 aromatic carbocycles. The summed E-state index contributed by atoms with van der Waals surface area (Å²) in [4.78, 5) is 0. The number of unbranched alkanes of at least 4 members (excludes halogenated alkanes) is 3. The molecule has 2 nitrogen and oxygen atoms in total. The Bertz CT molecular complexity index is 83.9. The topological polar surface area (TPSA) is 24.1 Å². The van der Waals surface area contributed by atoms with Crippen molar-refractivity contribution in [2.24, 2.45) is 0 Å². The molecule has 0 amide bonds. The minimum atomic E-state index is 0.689. The maximum atomic E-state index is 3.25. The first-order valence-electron chi connectivity index (χ1n) is 5.13. The van der Waals surface area contributed by atoms with Gasteiger partial charge in [0.1, 0.15) is 0 Å². The zero-order chi connectivity index (χ0) is 9.23. The van der Waals surface area contributed by atoms with E-state index >= 15 is 0 Å². The maximum absolute atomic E-state index is 3.25. The van der Waals surface area contributed by atoms with Gasteiger partial charge in [-0.2, -0.15) is 0 Å². The highest BCUT2D eigenvalue weighted by Gasteiger charge is 1.96. The molecule has 0 radical (unpaired) electrons. The lowest BCUT2D eigenvalue weighted by molar-refractivity contribution is 0.511. The van der Waals surface area contributed by atoms with Crippen LogP contribution >= 0.6 is 0 Å². The first-order valence-corrected chi connectivity index (χ1v) is 5.13. The molecule has 2 N–H and O–H groups in total. The van der Waals surface area contributed by atoms with Crippen LogP contribution in [0, 0.1) is 0 Å². The fourth-order valence-corrected chi connectivity index (χ4v) is 1.25. The summed E-state index contributed by atoms with van der Waals surface area (Å²) >= 11 is 0. The van der Waals surface area contributed by atoms with Crippen LogP contribution in [-0.4, -0.2) is 26.7 Å². The van der Waals surface area contributed by atoms with E-state index in [-0.39, 0.29) is 0 Å². The van der Waals surface area contributed by atoms with Gasteiger partial charge in [0.2, 0.25) is 0 Å². The molecule has 1 unspecified atom stereocenters. The zero-order valence-corrected chi connectivity index (χ0v) is 8.82. The molecule has 0 fully saturated rings. The average molecular weight is 172 g/mol. The van der Waals surface area contributed by atoms with Crippen molar-refractivity contribution in [3.63, 3.8) is 0 Å². The minimum absolute atomic E-state index is 0.689. The third-order valence-corrected chi connectivity index (χ3v) is 2.31. The molecule has 0 rings (SSSR count). The highest BCUT2D eigenvalue weighted by molar-refractivity contribution is 4.56. The van der Waals surface area contributed by atoms with Crippen LogP contribution in [0.15, 0.2) is 0 Å². The Labute approximate surface area is 77.1 Å². The second-order valence-corrected chi connectivity index (χ2v) is 3.50. The van der Waals surface area contributed by atoms with Crippen LogP contribution in [0.3, 0.4) is 0 Å². The molecule has 2 heteroatoms. The predicted molar refractivity (Wildman–Crippen MR) is 55.5 cm³/mol. The van der Waals surface area contributed by atoms with E-state index in [1.54, 1.807) is 0 Å². The Morgan fingerprint density at radius 1 is 1.00 bits per heavy atom. The standard InChI is InChI=1S/C10H24N2/c1-10(12-3)8-6-4-5-7-9-11-2/h10-12H,4-9H2,1-3H3. The Balaban J connectivity index is 2.90. The van der Waals surface area contributed by atoms with Gasteiger partial charge in [0.05, 0.1) is 0 Å². The van der Waals surface area contributed by atoms with Crippen LogP contribution in [0.1, 0.15) is 39.0 Å². The van der Waals surface area contributed by atoms with Gasteiger partial charge < -0.3 is 10.6 Å². The van der Waals surface area contributed by atoms with E-state index in [0.29, 0.717) is 6.04 Å². The fraction of sp³-hybridized carbons (Fsp3) is 1.00. The molecule has 0 aromatic rings. The van der Waals surface area contributed by atoms with Crippen molar-refractivity contribution in [2.45, 2.75) is 45.1 Å². The first kappa shape index (κ1) is 11.9. The normalized spacial score (nSPS) is 13.2. The van der Waals surface area contributed by atoms with Gasteiger partial charge in [0, 0.05) is 6.04 Å². The number of hydrogen-bond donors (Lipinski definition) is 2. The van der Waals surface area contributed by atoms with Gasteiger partial charge in [0.25, 0.3) is 0 Å². The van der Waals surface area contributed by atoms with Crippen molar-refractivity contribution >= 4 is 0 Å². The van der Waals surface area contributed by atoms with E-state index in [2.05, 4.69) is 17.6 Å². The molecule has 1 atom stereocenters. The largest absolute Gasteiger partial charge is 0.320 e. The molecule has 0 aliphatic rings. The van der Waals surface area contributed by atoms with E-state index in [1.165, 1.54) is 38.6 Å². The SMILES string of the molecule is CNCCCCCCC(C)NC. The smallest absolute Gasteiger partial charge is 0.00357 e. The maximum Gasteiger partial charge on any atom is 0.00357 e. The van der Waals surface area contributed by atoms with E-state index in [0.717, 1.165) is 0 Å². The lowest BCUT2D eigenvalue weighted by Crippen LogP contribution is -2.20. The van der Waals surface area contributed by atoms with Crippen LogP contribution in [0.2, 0.25) is 0 Å². The summed E-state index contributed by atoms with van der Waals surface area (Å²) in [5.74, 6) is 0. The van der Waals surface area contributed by atoms with Crippen molar-refractivity contribution < 1.29 is 0 Å². The molecular formula is C10H24N2. The monoisotopic (exact) mass is 172 g/mol. The van der Waals surface area contributed by atoms with Crippen molar-refractivity contribution in [1.29, 1.82) is 0 Å². The average Bonchev–Trinajstić information content (AvgIpc) is 2.10. The van der Waals surface area contributed by atoms with Gasteiger partial charge >= 0.3 is 0 Å². The van der Waals surface area contributed by atoms with E-state index in [1.807, 2.05) is 14.1 Å².